The Balaban J connectivity index is 1.75. The predicted molar refractivity (Wildman–Crippen MR) is 88.9 cm³/mol. The molecule has 0 saturated heterocycles. The molecule has 1 N–H and O–H groups in total. The fraction of sp³-hybridized carbons (Fsp3) is 0.188. The maximum Gasteiger partial charge on any atom is 0.434 e. The third-order valence-corrected chi connectivity index (χ3v) is 3.95. The van der Waals surface area contributed by atoms with Crippen LogP contribution in [0, 0.1) is 5.82 Å². The molecule has 6 nitrogen and oxygen atoms in total. The standard InChI is InChI=1S/C16H12ClF4N5O/c1-25-14(16(19,20)21)12(17)13(24-25)15(27)22-11-5-6-26(23-11)8-9-3-2-4-10(18)7-9/h2-7H,8H2,1H3,(H,22,23,27). The maximum atomic E-state index is 13.2. The van der Waals surface area contributed by atoms with Crippen molar-refractivity contribution in [2.75, 3.05) is 5.32 Å². The second kappa shape index (κ2) is 7.03. The Kier molecular flexibility index (Phi) is 4.92. The molecule has 0 radical (unpaired) electrons. The predicted octanol–water partition coefficient (Wildman–Crippen LogP) is 3.73. The van der Waals surface area contributed by atoms with Gasteiger partial charge in [0.05, 0.1) is 6.54 Å². The molecular formula is C16H12ClF4N5O. The fourth-order valence-electron chi connectivity index (χ4n) is 2.47. The number of alkyl halides is 3. The van der Waals surface area contributed by atoms with E-state index in [2.05, 4.69) is 15.5 Å². The van der Waals surface area contributed by atoms with Crippen LogP contribution < -0.4 is 5.32 Å². The van der Waals surface area contributed by atoms with E-state index in [0.717, 1.165) is 7.05 Å². The van der Waals surface area contributed by atoms with E-state index in [0.29, 0.717) is 10.2 Å². The first-order valence-electron chi connectivity index (χ1n) is 7.54. The van der Waals surface area contributed by atoms with E-state index < -0.39 is 34.3 Å². The van der Waals surface area contributed by atoms with E-state index in [4.69, 9.17) is 11.6 Å². The number of halogens is 5. The number of amides is 1. The van der Waals surface area contributed by atoms with E-state index in [1.807, 2.05) is 0 Å². The number of hydrogen-bond donors (Lipinski definition) is 1. The Morgan fingerprint density at radius 1 is 1.26 bits per heavy atom. The molecule has 3 aromatic rings. The van der Waals surface area contributed by atoms with Crippen molar-refractivity contribution in [3.63, 3.8) is 0 Å². The van der Waals surface area contributed by atoms with Crippen LogP contribution in [0.25, 0.3) is 0 Å². The van der Waals surface area contributed by atoms with Crippen LogP contribution in [0.3, 0.4) is 0 Å². The Morgan fingerprint density at radius 3 is 2.63 bits per heavy atom. The van der Waals surface area contributed by atoms with Crippen molar-refractivity contribution in [2.45, 2.75) is 12.7 Å². The minimum atomic E-state index is -4.75. The van der Waals surface area contributed by atoms with Crippen LogP contribution in [0.5, 0.6) is 0 Å². The molecule has 27 heavy (non-hydrogen) atoms. The lowest BCUT2D eigenvalue weighted by Crippen LogP contribution is -2.14. The van der Waals surface area contributed by atoms with Crippen LogP contribution >= 0.6 is 11.6 Å². The van der Waals surface area contributed by atoms with E-state index in [9.17, 15) is 22.4 Å². The van der Waals surface area contributed by atoms with E-state index in [1.54, 1.807) is 12.1 Å². The molecule has 0 bridgehead atoms. The summed E-state index contributed by atoms with van der Waals surface area (Å²) in [5.74, 6) is -1.23. The van der Waals surface area contributed by atoms with Gasteiger partial charge in [-0.25, -0.2) is 4.39 Å². The average Bonchev–Trinajstić information content (AvgIpc) is 3.10. The molecule has 0 atom stereocenters. The summed E-state index contributed by atoms with van der Waals surface area (Å²) in [6.07, 6.45) is -3.22. The number of benzene rings is 1. The van der Waals surface area contributed by atoms with Gasteiger partial charge in [0.2, 0.25) is 0 Å². The molecule has 0 saturated carbocycles. The minimum absolute atomic E-state index is 0.0895. The van der Waals surface area contributed by atoms with Crippen molar-refractivity contribution in [3.8, 4) is 0 Å². The number of nitrogens with one attached hydrogen (secondary N) is 1. The zero-order valence-electron chi connectivity index (χ0n) is 13.8. The molecule has 11 heteroatoms. The maximum absolute atomic E-state index is 13.2. The van der Waals surface area contributed by atoms with Gasteiger partial charge in [0, 0.05) is 19.3 Å². The first-order valence-corrected chi connectivity index (χ1v) is 7.92. The van der Waals surface area contributed by atoms with Crippen molar-refractivity contribution in [1.82, 2.24) is 19.6 Å². The van der Waals surface area contributed by atoms with Gasteiger partial charge in [0.15, 0.2) is 17.2 Å². The zero-order chi connectivity index (χ0) is 19.8. The van der Waals surface area contributed by atoms with Gasteiger partial charge in [-0.05, 0) is 17.7 Å². The monoisotopic (exact) mass is 401 g/mol. The lowest BCUT2D eigenvalue weighted by Gasteiger charge is -2.06. The Morgan fingerprint density at radius 2 is 2.00 bits per heavy atom. The normalized spacial score (nSPS) is 11.6. The summed E-state index contributed by atoms with van der Waals surface area (Å²) in [5.41, 5.74) is -1.13. The summed E-state index contributed by atoms with van der Waals surface area (Å²) in [6, 6.07) is 7.35. The van der Waals surface area contributed by atoms with Crippen molar-refractivity contribution in [1.29, 1.82) is 0 Å². The van der Waals surface area contributed by atoms with E-state index in [1.165, 1.54) is 29.1 Å². The average molecular weight is 402 g/mol. The topological polar surface area (TPSA) is 64.7 Å². The quantitative estimate of drug-likeness (QED) is 0.677. The van der Waals surface area contributed by atoms with Crippen LogP contribution in [-0.4, -0.2) is 25.5 Å². The highest BCUT2D eigenvalue weighted by molar-refractivity contribution is 6.34. The number of aryl methyl sites for hydroxylation is 1. The van der Waals surface area contributed by atoms with Crippen molar-refractivity contribution < 1.29 is 22.4 Å². The molecule has 0 unspecified atom stereocenters. The lowest BCUT2D eigenvalue weighted by atomic mass is 10.2. The molecule has 1 amide bonds. The van der Waals surface area contributed by atoms with Crippen LogP contribution in [0.2, 0.25) is 5.02 Å². The third-order valence-electron chi connectivity index (χ3n) is 3.59. The Bertz CT molecular complexity index is 995. The van der Waals surface area contributed by atoms with Gasteiger partial charge in [0.1, 0.15) is 10.8 Å². The smallest absolute Gasteiger partial charge is 0.304 e. The Labute approximate surface area is 155 Å². The highest BCUT2D eigenvalue weighted by atomic mass is 35.5. The molecule has 0 spiro atoms. The highest BCUT2D eigenvalue weighted by Crippen LogP contribution is 2.36. The number of rotatable bonds is 4. The summed E-state index contributed by atoms with van der Waals surface area (Å²) >= 11 is 5.68. The first kappa shape index (κ1) is 18.9. The number of carbonyl (C=O) groups is 1. The molecule has 1 aromatic carbocycles. The molecule has 3 rings (SSSR count). The number of carbonyl (C=O) groups excluding carboxylic acids is 1. The third kappa shape index (κ3) is 4.11. The van der Waals surface area contributed by atoms with Gasteiger partial charge in [-0.15, -0.1) is 0 Å². The molecule has 0 aliphatic heterocycles. The summed E-state index contributed by atoms with van der Waals surface area (Å²) in [6.45, 7) is 0.246. The van der Waals surface area contributed by atoms with Gasteiger partial charge in [-0.1, -0.05) is 23.7 Å². The molecule has 0 aliphatic carbocycles. The molecular weight excluding hydrogens is 390 g/mol. The SMILES string of the molecule is Cn1nc(C(=O)Nc2ccn(Cc3cccc(F)c3)n2)c(Cl)c1C(F)(F)F. The van der Waals surface area contributed by atoms with Gasteiger partial charge in [0.25, 0.3) is 5.91 Å². The van der Waals surface area contributed by atoms with Crippen molar-refractivity contribution >= 4 is 23.3 Å². The van der Waals surface area contributed by atoms with Gasteiger partial charge in [-0.3, -0.25) is 14.2 Å². The summed E-state index contributed by atoms with van der Waals surface area (Å²) in [4.78, 5) is 12.2. The van der Waals surface area contributed by atoms with Gasteiger partial charge >= 0.3 is 6.18 Å². The van der Waals surface area contributed by atoms with E-state index in [-0.39, 0.29) is 12.4 Å². The molecule has 2 aromatic heterocycles. The number of anilines is 1. The number of hydrogen-bond acceptors (Lipinski definition) is 3. The summed E-state index contributed by atoms with van der Waals surface area (Å²) < 4.78 is 53.9. The van der Waals surface area contributed by atoms with Gasteiger partial charge < -0.3 is 5.32 Å². The van der Waals surface area contributed by atoms with Gasteiger partial charge in [-0.2, -0.15) is 23.4 Å². The van der Waals surface area contributed by atoms with Crippen molar-refractivity contribution in [2.24, 2.45) is 7.05 Å². The number of aromatic nitrogens is 4. The van der Waals surface area contributed by atoms with Crippen LogP contribution in [0.15, 0.2) is 36.5 Å². The van der Waals surface area contributed by atoms with E-state index >= 15 is 0 Å². The second-order valence-corrected chi connectivity index (χ2v) is 5.99. The molecule has 0 aliphatic rings. The fourth-order valence-corrected chi connectivity index (χ4v) is 2.82. The van der Waals surface area contributed by atoms with Crippen LogP contribution in [0.1, 0.15) is 21.7 Å². The van der Waals surface area contributed by atoms with Crippen LogP contribution in [-0.2, 0) is 19.8 Å². The molecule has 142 valence electrons. The molecule has 2 heterocycles. The Hall–Kier alpha value is -2.88. The highest BCUT2D eigenvalue weighted by Gasteiger charge is 2.40. The summed E-state index contributed by atoms with van der Waals surface area (Å²) in [5, 5.41) is 9.15. The number of nitrogens with zero attached hydrogens (tertiary/aromatic N) is 4. The largest absolute Gasteiger partial charge is 0.434 e. The second-order valence-electron chi connectivity index (χ2n) is 5.62. The minimum Gasteiger partial charge on any atom is -0.304 e. The zero-order valence-corrected chi connectivity index (χ0v) is 14.5. The van der Waals surface area contributed by atoms with Crippen molar-refractivity contribution in [3.05, 3.63) is 64.3 Å². The van der Waals surface area contributed by atoms with Crippen LogP contribution in [0.4, 0.5) is 23.4 Å². The summed E-state index contributed by atoms with van der Waals surface area (Å²) in [7, 11) is 1.04. The first-order chi connectivity index (χ1) is 12.6. The molecule has 0 fully saturated rings. The lowest BCUT2D eigenvalue weighted by molar-refractivity contribution is -0.143.